The summed E-state index contributed by atoms with van der Waals surface area (Å²) in [4.78, 5) is 0.360. The van der Waals surface area contributed by atoms with Gasteiger partial charge in [0.2, 0.25) is 10.0 Å². The van der Waals surface area contributed by atoms with Crippen LogP contribution in [0.5, 0.6) is 0 Å². The van der Waals surface area contributed by atoms with E-state index >= 15 is 0 Å². The first kappa shape index (κ1) is 13.5. The van der Waals surface area contributed by atoms with E-state index in [1.807, 2.05) is 13.0 Å². The molecule has 0 amide bonds. The summed E-state index contributed by atoms with van der Waals surface area (Å²) in [6, 6.07) is 6.81. The number of hydrogen-bond donors (Lipinski definition) is 1. The number of piperidine rings is 1. The lowest BCUT2D eigenvalue weighted by atomic mass is 10.1. The van der Waals surface area contributed by atoms with Crippen molar-refractivity contribution in [3.05, 3.63) is 29.8 Å². The minimum atomic E-state index is -3.34. The molecule has 1 aromatic carbocycles. The molecule has 2 rings (SSSR count). The molecule has 1 aliphatic rings. The maximum Gasteiger partial charge on any atom is 0.243 e. The van der Waals surface area contributed by atoms with Crippen molar-refractivity contribution in [2.24, 2.45) is 5.73 Å². The first-order valence-electron chi connectivity index (χ1n) is 6.37. The number of nitrogens with two attached hydrogens (primary N) is 1. The second-order valence-electron chi connectivity index (χ2n) is 4.83. The van der Waals surface area contributed by atoms with Gasteiger partial charge in [-0.2, -0.15) is 4.31 Å². The summed E-state index contributed by atoms with van der Waals surface area (Å²) in [5, 5.41) is 0. The Morgan fingerprint density at radius 2 is 1.89 bits per heavy atom. The van der Waals surface area contributed by atoms with Gasteiger partial charge in [-0.25, -0.2) is 8.42 Å². The van der Waals surface area contributed by atoms with Crippen LogP contribution in [-0.2, 0) is 10.0 Å². The lowest BCUT2D eigenvalue weighted by molar-refractivity contribution is 0.346. The lowest BCUT2D eigenvalue weighted by Crippen LogP contribution is -2.35. The van der Waals surface area contributed by atoms with Crippen molar-refractivity contribution in [1.82, 2.24) is 4.31 Å². The molecule has 100 valence electrons. The summed E-state index contributed by atoms with van der Waals surface area (Å²) in [6.07, 6.45) is 3.02. The van der Waals surface area contributed by atoms with Gasteiger partial charge in [-0.15, -0.1) is 0 Å². The zero-order valence-corrected chi connectivity index (χ0v) is 11.5. The van der Waals surface area contributed by atoms with Crippen molar-refractivity contribution in [3.63, 3.8) is 0 Å². The second-order valence-corrected chi connectivity index (χ2v) is 6.76. The number of sulfonamides is 1. The minimum absolute atomic E-state index is 0.151. The Morgan fingerprint density at radius 1 is 1.22 bits per heavy atom. The largest absolute Gasteiger partial charge is 0.324 e. The molecule has 0 radical (unpaired) electrons. The molecule has 5 heteroatoms. The van der Waals surface area contributed by atoms with Crippen LogP contribution in [0.25, 0.3) is 0 Å². The van der Waals surface area contributed by atoms with Crippen molar-refractivity contribution < 1.29 is 8.42 Å². The van der Waals surface area contributed by atoms with E-state index in [0.29, 0.717) is 18.0 Å². The van der Waals surface area contributed by atoms with E-state index in [-0.39, 0.29) is 6.04 Å². The molecule has 0 saturated carbocycles. The van der Waals surface area contributed by atoms with E-state index in [2.05, 4.69) is 0 Å². The minimum Gasteiger partial charge on any atom is -0.324 e. The van der Waals surface area contributed by atoms with Gasteiger partial charge in [0.25, 0.3) is 0 Å². The Morgan fingerprint density at radius 3 is 2.50 bits per heavy atom. The van der Waals surface area contributed by atoms with Crippen molar-refractivity contribution in [1.29, 1.82) is 0 Å². The lowest BCUT2D eigenvalue weighted by Gasteiger charge is -2.26. The van der Waals surface area contributed by atoms with Crippen LogP contribution in [0, 0.1) is 0 Å². The quantitative estimate of drug-likeness (QED) is 0.910. The molecular formula is C13H20N2O2S. The SMILES string of the molecule is CC(N)c1cccc(S(=O)(=O)N2CCCCC2)c1. The standard InChI is InChI=1S/C13H20N2O2S/c1-11(14)12-6-5-7-13(10-12)18(16,17)15-8-3-2-4-9-15/h5-7,10-11H,2-4,8-9,14H2,1H3. The third kappa shape index (κ3) is 2.74. The summed E-state index contributed by atoms with van der Waals surface area (Å²) < 4.78 is 26.5. The maximum atomic E-state index is 12.4. The fourth-order valence-corrected chi connectivity index (χ4v) is 3.79. The van der Waals surface area contributed by atoms with Crippen LogP contribution < -0.4 is 5.73 Å². The normalized spacial score (nSPS) is 19.7. The second kappa shape index (κ2) is 5.38. The molecule has 1 saturated heterocycles. The molecule has 4 nitrogen and oxygen atoms in total. The Balaban J connectivity index is 2.31. The van der Waals surface area contributed by atoms with Crippen LogP contribution >= 0.6 is 0 Å². The van der Waals surface area contributed by atoms with Crippen LogP contribution in [0.1, 0.15) is 37.8 Å². The summed E-state index contributed by atoms with van der Waals surface area (Å²) in [5.41, 5.74) is 6.65. The zero-order valence-electron chi connectivity index (χ0n) is 10.7. The topological polar surface area (TPSA) is 63.4 Å². The molecule has 1 fully saturated rings. The molecule has 0 aromatic heterocycles. The highest BCUT2D eigenvalue weighted by Gasteiger charge is 2.26. The average molecular weight is 268 g/mol. The predicted octanol–water partition coefficient (Wildman–Crippen LogP) is 1.88. The monoisotopic (exact) mass is 268 g/mol. The van der Waals surface area contributed by atoms with Gasteiger partial charge >= 0.3 is 0 Å². The van der Waals surface area contributed by atoms with Crippen molar-refractivity contribution >= 4 is 10.0 Å². The molecule has 1 atom stereocenters. The van der Waals surface area contributed by atoms with E-state index in [0.717, 1.165) is 24.8 Å². The van der Waals surface area contributed by atoms with Gasteiger partial charge in [-0.05, 0) is 37.5 Å². The Bertz CT molecular complexity index is 505. The average Bonchev–Trinajstić information content (AvgIpc) is 2.40. The number of nitrogens with zero attached hydrogens (tertiary/aromatic N) is 1. The third-order valence-corrected chi connectivity index (χ3v) is 5.23. The zero-order chi connectivity index (χ0) is 13.2. The molecule has 1 aliphatic heterocycles. The highest BCUT2D eigenvalue weighted by atomic mass is 32.2. The molecule has 1 heterocycles. The van der Waals surface area contributed by atoms with Crippen LogP contribution in [0.3, 0.4) is 0 Å². The van der Waals surface area contributed by atoms with Crippen molar-refractivity contribution in [3.8, 4) is 0 Å². The molecule has 0 spiro atoms. The maximum absolute atomic E-state index is 12.4. The number of hydrogen-bond acceptors (Lipinski definition) is 3. The third-order valence-electron chi connectivity index (χ3n) is 3.34. The molecule has 0 aliphatic carbocycles. The fourth-order valence-electron chi connectivity index (χ4n) is 2.21. The van der Waals surface area contributed by atoms with Gasteiger partial charge in [0.1, 0.15) is 0 Å². The molecule has 18 heavy (non-hydrogen) atoms. The predicted molar refractivity (Wildman–Crippen MR) is 71.7 cm³/mol. The Kier molecular flexibility index (Phi) is 4.04. The van der Waals surface area contributed by atoms with Crippen molar-refractivity contribution in [2.75, 3.05) is 13.1 Å². The molecular weight excluding hydrogens is 248 g/mol. The summed E-state index contributed by atoms with van der Waals surface area (Å²) in [5.74, 6) is 0. The van der Waals surface area contributed by atoms with E-state index in [1.165, 1.54) is 0 Å². The van der Waals surface area contributed by atoms with E-state index in [1.54, 1.807) is 22.5 Å². The van der Waals surface area contributed by atoms with E-state index in [9.17, 15) is 8.42 Å². The van der Waals surface area contributed by atoms with E-state index in [4.69, 9.17) is 5.73 Å². The molecule has 2 N–H and O–H groups in total. The highest BCUT2D eigenvalue weighted by Crippen LogP contribution is 2.22. The van der Waals surface area contributed by atoms with Crippen LogP contribution in [0.15, 0.2) is 29.2 Å². The summed E-state index contributed by atoms with van der Waals surface area (Å²) in [7, 11) is -3.34. The van der Waals surface area contributed by atoms with Gasteiger partial charge in [-0.3, -0.25) is 0 Å². The van der Waals surface area contributed by atoms with Crippen LogP contribution in [-0.4, -0.2) is 25.8 Å². The first-order valence-corrected chi connectivity index (χ1v) is 7.81. The number of rotatable bonds is 3. The number of benzene rings is 1. The Hall–Kier alpha value is -0.910. The van der Waals surface area contributed by atoms with E-state index < -0.39 is 10.0 Å². The van der Waals surface area contributed by atoms with Crippen molar-refractivity contribution in [2.45, 2.75) is 37.1 Å². The van der Waals surface area contributed by atoms with Gasteiger partial charge in [0, 0.05) is 19.1 Å². The highest BCUT2D eigenvalue weighted by molar-refractivity contribution is 7.89. The molecule has 1 unspecified atom stereocenters. The fraction of sp³-hybridized carbons (Fsp3) is 0.538. The summed E-state index contributed by atoms with van der Waals surface area (Å²) in [6.45, 7) is 3.11. The molecule has 0 bridgehead atoms. The Labute approximate surface area is 109 Å². The van der Waals surface area contributed by atoms with Gasteiger partial charge in [-0.1, -0.05) is 18.6 Å². The van der Waals surface area contributed by atoms with Gasteiger partial charge < -0.3 is 5.73 Å². The molecule has 1 aromatic rings. The first-order chi connectivity index (χ1) is 8.51. The van der Waals surface area contributed by atoms with Crippen LogP contribution in [0.4, 0.5) is 0 Å². The van der Waals surface area contributed by atoms with Crippen LogP contribution in [0.2, 0.25) is 0 Å². The smallest absolute Gasteiger partial charge is 0.243 e. The summed E-state index contributed by atoms with van der Waals surface area (Å²) >= 11 is 0. The van der Waals surface area contributed by atoms with Gasteiger partial charge in [0.05, 0.1) is 4.90 Å². The van der Waals surface area contributed by atoms with Gasteiger partial charge in [0.15, 0.2) is 0 Å².